The third-order valence-electron chi connectivity index (χ3n) is 4.27. The molecule has 0 spiro atoms. The molecule has 3 nitrogen and oxygen atoms in total. The van der Waals surface area contributed by atoms with Crippen LogP contribution in [-0.4, -0.2) is 22.1 Å². The normalized spacial score (nSPS) is 26.2. The number of nitrogens with zero attached hydrogens (tertiary/aromatic N) is 3. The molecule has 2 fully saturated rings. The molecule has 92 valence electrons. The van der Waals surface area contributed by atoms with E-state index in [1.54, 1.807) is 18.5 Å². The van der Waals surface area contributed by atoms with Crippen LogP contribution in [0.1, 0.15) is 25.7 Å². The highest BCUT2D eigenvalue weighted by molar-refractivity contribution is 5.89. The second kappa shape index (κ2) is 3.64. The van der Waals surface area contributed by atoms with Crippen molar-refractivity contribution in [2.75, 3.05) is 4.90 Å². The van der Waals surface area contributed by atoms with Crippen molar-refractivity contribution in [2.45, 2.75) is 37.8 Å². The average Bonchev–Trinajstić information content (AvgIpc) is 2.98. The maximum atomic E-state index is 13.4. The van der Waals surface area contributed by atoms with Gasteiger partial charge >= 0.3 is 0 Å². The van der Waals surface area contributed by atoms with Gasteiger partial charge in [0.15, 0.2) is 0 Å². The van der Waals surface area contributed by atoms with Crippen LogP contribution in [0, 0.1) is 5.82 Å². The van der Waals surface area contributed by atoms with Crippen molar-refractivity contribution in [3.05, 3.63) is 30.3 Å². The number of hydrogen-bond donors (Lipinski definition) is 0. The Morgan fingerprint density at radius 2 is 1.78 bits per heavy atom. The van der Waals surface area contributed by atoms with Gasteiger partial charge in [-0.25, -0.2) is 14.4 Å². The lowest BCUT2D eigenvalue weighted by Crippen LogP contribution is -2.29. The lowest BCUT2D eigenvalue weighted by atomic mass is 10.0. The van der Waals surface area contributed by atoms with Crippen LogP contribution in [0.5, 0.6) is 0 Å². The first kappa shape index (κ1) is 10.2. The van der Waals surface area contributed by atoms with Crippen LogP contribution in [0.4, 0.5) is 10.2 Å². The highest BCUT2D eigenvalue weighted by atomic mass is 19.1. The largest absolute Gasteiger partial charge is 0.350 e. The van der Waals surface area contributed by atoms with Gasteiger partial charge in [-0.05, 0) is 43.9 Å². The molecule has 0 unspecified atom stereocenters. The molecule has 1 aromatic heterocycles. The summed E-state index contributed by atoms with van der Waals surface area (Å²) in [5.74, 6) is 0.703. The molecule has 2 bridgehead atoms. The fraction of sp³-hybridized carbons (Fsp3) is 0.429. The van der Waals surface area contributed by atoms with Crippen molar-refractivity contribution >= 4 is 16.7 Å². The molecule has 0 N–H and O–H groups in total. The molecule has 2 aliphatic rings. The highest BCUT2D eigenvalue weighted by Crippen LogP contribution is 2.42. The minimum atomic E-state index is -0.218. The second-order valence-corrected chi connectivity index (χ2v) is 5.23. The summed E-state index contributed by atoms with van der Waals surface area (Å²) in [4.78, 5) is 11.0. The van der Waals surface area contributed by atoms with E-state index in [4.69, 9.17) is 0 Å². The smallest absolute Gasteiger partial charge is 0.140 e. The fourth-order valence-electron chi connectivity index (χ4n) is 3.48. The Balaban J connectivity index is 1.92. The van der Waals surface area contributed by atoms with Crippen LogP contribution in [0.15, 0.2) is 24.5 Å². The quantitative estimate of drug-likeness (QED) is 0.771. The Morgan fingerprint density at radius 1 is 1.06 bits per heavy atom. The van der Waals surface area contributed by atoms with Crippen molar-refractivity contribution in [2.24, 2.45) is 0 Å². The SMILES string of the molecule is Fc1ccc2ncnc(N3C4CCC3CC4)c2c1. The number of halogens is 1. The minimum Gasteiger partial charge on any atom is -0.350 e. The van der Waals surface area contributed by atoms with Gasteiger partial charge in [0.25, 0.3) is 0 Å². The maximum absolute atomic E-state index is 13.4. The van der Waals surface area contributed by atoms with Crippen molar-refractivity contribution in [3.8, 4) is 0 Å². The van der Waals surface area contributed by atoms with Gasteiger partial charge in [0, 0.05) is 17.5 Å². The summed E-state index contributed by atoms with van der Waals surface area (Å²) in [6.07, 6.45) is 6.56. The monoisotopic (exact) mass is 243 g/mol. The Morgan fingerprint density at radius 3 is 2.50 bits per heavy atom. The molecule has 4 rings (SSSR count). The number of rotatable bonds is 1. The molecule has 0 amide bonds. The molecule has 4 heteroatoms. The first-order chi connectivity index (χ1) is 8.83. The zero-order valence-corrected chi connectivity index (χ0v) is 10.0. The molecule has 1 aromatic carbocycles. The Hall–Kier alpha value is -1.71. The summed E-state index contributed by atoms with van der Waals surface area (Å²) in [7, 11) is 0. The van der Waals surface area contributed by atoms with Crippen LogP contribution >= 0.6 is 0 Å². The Kier molecular flexibility index (Phi) is 2.07. The Labute approximate surface area is 105 Å². The van der Waals surface area contributed by atoms with Crippen LogP contribution in [-0.2, 0) is 0 Å². The van der Waals surface area contributed by atoms with E-state index < -0.39 is 0 Å². The van der Waals surface area contributed by atoms with E-state index in [-0.39, 0.29) is 5.82 Å². The van der Waals surface area contributed by atoms with E-state index in [2.05, 4.69) is 14.9 Å². The zero-order chi connectivity index (χ0) is 12.1. The summed E-state index contributed by atoms with van der Waals surface area (Å²) in [5.41, 5.74) is 0.827. The van der Waals surface area contributed by atoms with Crippen LogP contribution in [0.2, 0.25) is 0 Å². The summed E-state index contributed by atoms with van der Waals surface area (Å²) < 4.78 is 13.4. The summed E-state index contributed by atoms with van der Waals surface area (Å²) in [5, 5.41) is 0.844. The first-order valence-electron chi connectivity index (χ1n) is 6.51. The molecule has 2 saturated heterocycles. The van der Waals surface area contributed by atoms with Gasteiger partial charge in [0.1, 0.15) is 18.0 Å². The number of aromatic nitrogens is 2. The molecule has 2 aromatic rings. The predicted octanol–water partition coefficient (Wildman–Crippen LogP) is 2.90. The van der Waals surface area contributed by atoms with Gasteiger partial charge in [-0.2, -0.15) is 0 Å². The number of anilines is 1. The summed E-state index contributed by atoms with van der Waals surface area (Å²) in [6, 6.07) is 5.93. The molecule has 0 saturated carbocycles. The van der Waals surface area contributed by atoms with Crippen LogP contribution in [0.3, 0.4) is 0 Å². The van der Waals surface area contributed by atoms with E-state index in [9.17, 15) is 4.39 Å². The van der Waals surface area contributed by atoms with Gasteiger partial charge in [-0.1, -0.05) is 0 Å². The predicted molar refractivity (Wildman–Crippen MR) is 68.0 cm³/mol. The number of benzene rings is 1. The maximum Gasteiger partial charge on any atom is 0.140 e. The molecule has 18 heavy (non-hydrogen) atoms. The lowest BCUT2D eigenvalue weighted by molar-refractivity contribution is 0.576. The zero-order valence-electron chi connectivity index (χ0n) is 10.0. The summed E-state index contributed by atoms with van der Waals surface area (Å²) in [6.45, 7) is 0. The average molecular weight is 243 g/mol. The number of hydrogen-bond acceptors (Lipinski definition) is 3. The van der Waals surface area contributed by atoms with Crippen molar-refractivity contribution in [3.63, 3.8) is 0 Å². The van der Waals surface area contributed by atoms with E-state index in [1.165, 1.54) is 31.7 Å². The molecular weight excluding hydrogens is 229 g/mol. The second-order valence-electron chi connectivity index (χ2n) is 5.23. The van der Waals surface area contributed by atoms with E-state index in [0.717, 1.165) is 16.7 Å². The molecule has 2 aliphatic heterocycles. The minimum absolute atomic E-state index is 0.218. The van der Waals surface area contributed by atoms with Gasteiger partial charge < -0.3 is 4.90 Å². The summed E-state index contributed by atoms with van der Waals surface area (Å²) >= 11 is 0. The van der Waals surface area contributed by atoms with Crippen LogP contribution < -0.4 is 4.90 Å². The van der Waals surface area contributed by atoms with E-state index >= 15 is 0 Å². The highest BCUT2D eigenvalue weighted by Gasteiger charge is 2.40. The topological polar surface area (TPSA) is 29.0 Å². The third-order valence-corrected chi connectivity index (χ3v) is 4.27. The van der Waals surface area contributed by atoms with Gasteiger partial charge in [-0.15, -0.1) is 0 Å². The van der Waals surface area contributed by atoms with E-state index in [0.29, 0.717) is 12.1 Å². The Bertz CT molecular complexity index is 593. The number of fused-ring (bicyclic) bond motifs is 3. The van der Waals surface area contributed by atoms with Crippen LogP contribution in [0.25, 0.3) is 10.9 Å². The van der Waals surface area contributed by atoms with Gasteiger partial charge in [0.05, 0.1) is 5.52 Å². The standard InChI is InChI=1S/C14H14FN3/c15-9-1-6-13-12(7-9)14(17-8-16-13)18-10-2-3-11(18)5-4-10/h1,6-8,10-11H,2-5H2. The lowest BCUT2D eigenvalue weighted by Gasteiger charge is -2.24. The van der Waals surface area contributed by atoms with Crippen molar-refractivity contribution < 1.29 is 4.39 Å². The molecule has 3 heterocycles. The molecule has 0 atom stereocenters. The van der Waals surface area contributed by atoms with Gasteiger partial charge in [0.2, 0.25) is 0 Å². The van der Waals surface area contributed by atoms with E-state index in [1.807, 2.05) is 0 Å². The molecular formula is C14H14FN3. The van der Waals surface area contributed by atoms with Crippen molar-refractivity contribution in [1.29, 1.82) is 0 Å². The van der Waals surface area contributed by atoms with Gasteiger partial charge in [-0.3, -0.25) is 0 Å². The molecule has 0 aliphatic carbocycles. The van der Waals surface area contributed by atoms with Crippen molar-refractivity contribution in [1.82, 2.24) is 9.97 Å². The fourth-order valence-corrected chi connectivity index (χ4v) is 3.48. The molecule has 0 radical (unpaired) electrons. The first-order valence-corrected chi connectivity index (χ1v) is 6.51. The third kappa shape index (κ3) is 1.35.